The van der Waals surface area contributed by atoms with Crippen LogP contribution in [-0.4, -0.2) is 27.6 Å². The Labute approximate surface area is 190 Å². The normalized spacial score (nSPS) is 24.3. The molecule has 0 radical (unpaired) electrons. The van der Waals surface area contributed by atoms with Crippen molar-refractivity contribution in [2.24, 2.45) is 4.36 Å². The molecule has 6 nitrogen and oxygen atoms in total. The summed E-state index contributed by atoms with van der Waals surface area (Å²) in [5.74, 6) is 0.257. The first-order chi connectivity index (χ1) is 15.2. The second-order valence-corrected chi connectivity index (χ2v) is 11.9. The molecule has 2 aromatic carbocycles. The van der Waals surface area contributed by atoms with Crippen LogP contribution in [-0.2, 0) is 41.2 Å². The number of anilines is 1. The second kappa shape index (κ2) is 7.97. The number of amides is 2. The molecule has 0 bridgehead atoms. The van der Waals surface area contributed by atoms with Crippen molar-refractivity contribution < 1.29 is 14.1 Å². The minimum Gasteiger partial charge on any atom is -0.386 e. The molecule has 2 unspecified atom stereocenters. The first-order valence-electron chi connectivity index (χ1n) is 11.5. The number of aliphatic hydroxyl groups is 1. The number of urea groups is 1. The van der Waals surface area contributed by atoms with Gasteiger partial charge in [-0.05, 0) is 85.8 Å². The molecule has 170 valence electrons. The van der Waals surface area contributed by atoms with E-state index in [2.05, 4.69) is 20.5 Å². The fraction of sp³-hybridized carbons (Fsp3) is 0.480. The van der Waals surface area contributed by atoms with Crippen LogP contribution in [0.1, 0.15) is 66.0 Å². The van der Waals surface area contributed by atoms with Gasteiger partial charge in [-0.3, -0.25) is 0 Å². The maximum Gasteiger partial charge on any atom is 0.354 e. The Balaban J connectivity index is 1.37. The highest BCUT2D eigenvalue weighted by Gasteiger charge is 2.30. The Morgan fingerprint density at radius 1 is 1.12 bits per heavy atom. The minimum atomic E-state index is -2.85. The smallest absolute Gasteiger partial charge is 0.354 e. The van der Waals surface area contributed by atoms with Gasteiger partial charge >= 0.3 is 6.03 Å². The first kappa shape index (κ1) is 21.6. The molecule has 5 rings (SSSR count). The zero-order valence-corrected chi connectivity index (χ0v) is 19.6. The number of hydrogen-bond acceptors (Lipinski definition) is 3. The zero-order valence-electron chi connectivity index (χ0n) is 18.7. The summed E-state index contributed by atoms with van der Waals surface area (Å²) in [7, 11) is -2.85. The molecule has 1 heterocycles. The molecule has 7 heteroatoms. The van der Waals surface area contributed by atoms with E-state index in [-0.39, 0.29) is 11.7 Å². The number of carbonyl (C=O) groups is 1. The second-order valence-electron chi connectivity index (χ2n) is 9.79. The predicted molar refractivity (Wildman–Crippen MR) is 127 cm³/mol. The lowest BCUT2D eigenvalue weighted by atomic mass is 9.92. The molecule has 1 saturated heterocycles. The first-order valence-corrected chi connectivity index (χ1v) is 13.2. The van der Waals surface area contributed by atoms with Gasteiger partial charge in [0.1, 0.15) is 9.92 Å². The third-order valence-electron chi connectivity index (χ3n) is 6.98. The number of carbonyl (C=O) groups excluding carboxylic acids is 1. The molecule has 2 amide bonds. The van der Waals surface area contributed by atoms with E-state index in [4.69, 9.17) is 0 Å². The summed E-state index contributed by atoms with van der Waals surface area (Å²) >= 11 is 0. The number of aryl methyl sites for hydroxylation is 2. The number of nitrogens with zero attached hydrogens (tertiary/aromatic N) is 1. The van der Waals surface area contributed by atoms with Crippen LogP contribution in [0.15, 0.2) is 34.7 Å². The molecule has 2 aliphatic carbocycles. The van der Waals surface area contributed by atoms with Crippen molar-refractivity contribution in [3.8, 4) is 0 Å². The lowest BCUT2D eigenvalue weighted by Gasteiger charge is -2.19. The Kier molecular flexibility index (Phi) is 5.39. The van der Waals surface area contributed by atoms with Crippen LogP contribution in [0.3, 0.4) is 0 Å². The maximum absolute atomic E-state index is 13.3. The highest BCUT2D eigenvalue weighted by atomic mass is 32.2. The molecule has 32 heavy (non-hydrogen) atoms. The van der Waals surface area contributed by atoms with Crippen LogP contribution < -0.4 is 10.0 Å². The van der Waals surface area contributed by atoms with Gasteiger partial charge in [-0.2, -0.15) is 0 Å². The van der Waals surface area contributed by atoms with Crippen molar-refractivity contribution in [2.75, 3.05) is 17.6 Å². The average molecular weight is 454 g/mol. The average Bonchev–Trinajstić information content (AvgIpc) is 3.47. The number of hydrogen-bond donors (Lipinski definition) is 3. The van der Waals surface area contributed by atoms with E-state index in [1.807, 2.05) is 24.3 Å². The van der Waals surface area contributed by atoms with E-state index in [0.29, 0.717) is 6.54 Å². The third-order valence-corrected chi connectivity index (χ3v) is 8.91. The molecule has 0 saturated carbocycles. The summed E-state index contributed by atoms with van der Waals surface area (Å²) in [4.78, 5) is 12.9. The van der Waals surface area contributed by atoms with Crippen LogP contribution in [0.4, 0.5) is 10.5 Å². The van der Waals surface area contributed by atoms with Crippen molar-refractivity contribution in [2.45, 2.75) is 63.9 Å². The monoisotopic (exact) mass is 453 g/mol. The van der Waals surface area contributed by atoms with Crippen LogP contribution >= 0.6 is 0 Å². The van der Waals surface area contributed by atoms with Gasteiger partial charge in [0.05, 0.1) is 11.4 Å². The molecular weight excluding hydrogens is 422 g/mol. The van der Waals surface area contributed by atoms with Gasteiger partial charge in [-0.25, -0.2) is 13.7 Å². The summed E-state index contributed by atoms with van der Waals surface area (Å²) < 4.78 is 20.4. The number of fused-ring (bicyclic) bond motifs is 2. The topological polar surface area (TPSA) is 90.8 Å². The fourth-order valence-corrected chi connectivity index (χ4v) is 7.20. The van der Waals surface area contributed by atoms with Gasteiger partial charge in [0.25, 0.3) is 0 Å². The molecule has 2 atom stereocenters. The molecule has 1 aliphatic heterocycles. The number of benzene rings is 2. The lowest BCUT2D eigenvalue weighted by Crippen LogP contribution is -2.20. The quantitative estimate of drug-likeness (QED) is 0.651. The molecule has 0 spiro atoms. The summed E-state index contributed by atoms with van der Waals surface area (Å²) in [6.45, 7) is 3.99. The highest BCUT2D eigenvalue weighted by Crippen LogP contribution is 2.38. The largest absolute Gasteiger partial charge is 0.386 e. The number of rotatable bonds is 3. The van der Waals surface area contributed by atoms with Crippen LogP contribution in [0.5, 0.6) is 0 Å². The van der Waals surface area contributed by atoms with E-state index in [1.165, 1.54) is 22.3 Å². The summed E-state index contributed by atoms with van der Waals surface area (Å²) in [5, 5.41) is 13.3. The molecule has 3 N–H and O–H groups in total. The van der Waals surface area contributed by atoms with Gasteiger partial charge < -0.3 is 10.4 Å². The third kappa shape index (κ3) is 4.09. The van der Waals surface area contributed by atoms with Gasteiger partial charge in [0, 0.05) is 18.2 Å². The van der Waals surface area contributed by atoms with Crippen LogP contribution in [0.25, 0.3) is 0 Å². The molecule has 3 aliphatic rings. The van der Waals surface area contributed by atoms with E-state index in [9.17, 15) is 14.1 Å². The van der Waals surface area contributed by atoms with Crippen molar-refractivity contribution >= 4 is 21.6 Å². The molecule has 0 aromatic heterocycles. The van der Waals surface area contributed by atoms with E-state index in [1.54, 1.807) is 13.8 Å². The Hall–Kier alpha value is -2.22. The minimum absolute atomic E-state index is 0.0217. The molecule has 1 fully saturated rings. The van der Waals surface area contributed by atoms with Gasteiger partial charge in [0.15, 0.2) is 0 Å². The number of nitrogens with one attached hydrogen (secondary N) is 2. The summed E-state index contributed by atoms with van der Waals surface area (Å²) in [6, 6.07) is 9.52. The Morgan fingerprint density at radius 3 is 2.47 bits per heavy atom. The lowest BCUT2D eigenvalue weighted by molar-refractivity contribution is 0.0785. The van der Waals surface area contributed by atoms with Gasteiger partial charge in [-0.1, -0.05) is 30.3 Å². The van der Waals surface area contributed by atoms with Crippen molar-refractivity contribution in [3.05, 3.63) is 63.7 Å². The summed E-state index contributed by atoms with van der Waals surface area (Å²) in [6.07, 6.45) is 6.30. The summed E-state index contributed by atoms with van der Waals surface area (Å²) in [5.41, 5.74) is 6.97. The van der Waals surface area contributed by atoms with Crippen molar-refractivity contribution in [1.29, 1.82) is 0 Å². The molecular formula is C25H31N3O3S. The fourth-order valence-electron chi connectivity index (χ4n) is 5.31. The highest BCUT2D eigenvalue weighted by molar-refractivity contribution is 7.92. The maximum atomic E-state index is 13.3. The van der Waals surface area contributed by atoms with E-state index < -0.39 is 21.5 Å². The van der Waals surface area contributed by atoms with Gasteiger partial charge in [0.2, 0.25) is 0 Å². The van der Waals surface area contributed by atoms with Crippen LogP contribution in [0.2, 0.25) is 0 Å². The van der Waals surface area contributed by atoms with Crippen LogP contribution in [0, 0.1) is 0 Å². The standard InChI is InChI=1S/C25H31N3O3S/c1-25(2,30)20-9-3-6-16(13-20)19-14-26-32(31,15-19)28-24(29)27-23-21-10-4-7-17(21)12-18-8-5-11-22(18)23/h3,6,9,12-13,19,30H,4-5,7-8,10-11,14-15H2,1-2H3,(H2,26,27,28,29,31). The Bertz CT molecular complexity index is 1170. The van der Waals surface area contributed by atoms with E-state index >= 15 is 0 Å². The SMILES string of the molecule is CC(C)(O)c1cccc(C2CNS(=O)(=NC(=O)Nc3c4c(cc5c3CCC5)CCC4)C2)c1. The zero-order chi connectivity index (χ0) is 22.5. The predicted octanol–water partition coefficient (Wildman–Crippen LogP) is 4.19. The van der Waals surface area contributed by atoms with Gasteiger partial charge in [-0.15, -0.1) is 4.36 Å². The molecule has 2 aromatic rings. The van der Waals surface area contributed by atoms with Crippen molar-refractivity contribution in [1.82, 2.24) is 4.72 Å². The van der Waals surface area contributed by atoms with E-state index in [0.717, 1.165) is 55.3 Å². The van der Waals surface area contributed by atoms with Crippen molar-refractivity contribution in [3.63, 3.8) is 0 Å². The Morgan fingerprint density at radius 2 is 1.81 bits per heavy atom.